The lowest BCUT2D eigenvalue weighted by molar-refractivity contribution is 0.0686. The molecule has 17 heavy (non-hydrogen) atoms. The topological polar surface area (TPSA) is 80.4 Å². The Labute approximate surface area is 97.3 Å². The summed E-state index contributed by atoms with van der Waals surface area (Å²) in [6.45, 7) is 0. The standard InChI is InChI=1S/C11H12N4O2/c16-11(17)9-5-8(7-3-1-2-4-7)13-10-6-12-14-15(9)10/h5-7H,1-4H2,(H,16,17). The van der Waals surface area contributed by atoms with E-state index in [9.17, 15) is 4.79 Å². The minimum Gasteiger partial charge on any atom is -0.477 e. The van der Waals surface area contributed by atoms with Crippen molar-refractivity contribution in [2.75, 3.05) is 0 Å². The van der Waals surface area contributed by atoms with Gasteiger partial charge in [-0.15, -0.1) is 5.10 Å². The van der Waals surface area contributed by atoms with E-state index in [1.54, 1.807) is 6.07 Å². The Hall–Kier alpha value is -1.98. The van der Waals surface area contributed by atoms with Gasteiger partial charge in [-0.05, 0) is 18.9 Å². The van der Waals surface area contributed by atoms with Crippen molar-refractivity contribution in [2.45, 2.75) is 31.6 Å². The highest BCUT2D eigenvalue weighted by molar-refractivity contribution is 5.86. The molecule has 6 heteroatoms. The van der Waals surface area contributed by atoms with Crippen molar-refractivity contribution >= 4 is 11.6 Å². The van der Waals surface area contributed by atoms with E-state index in [2.05, 4.69) is 15.3 Å². The van der Waals surface area contributed by atoms with Crippen molar-refractivity contribution in [3.05, 3.63) is 23.7 Å². The average molecular weight is 232 g/mol. The zero-order valence-corrected chi connectivity index (χ0v) is 9.20. The van der Waals surface area contributed by atoms with E-state index in [0.717, 1.165) is 18.5 Å². The summed E-state index contributed by atoms with van der Waals surface area (Å²) in [5.41, 5.74) is 1.50. The number of aromatic carboxylic acids is 1. The maximum atomic E-state index is 11.2. The third-order valence-corrected chi connectivity index (χ3v) is 3.28. The number of hydrogen-bond donors (Lipinski definition) is 1. The van der Waals surface area contributed by atoms with Crippen LogP contribution in [0, 0.1) is 0 Å². The molecule has 1 saturated carbocycles. The van der Waals surface area contributed by atoms with Crippen LogP contribution in [0.15, 0.2) is 12.3 Å². The molecule has 1 aliphatic carbocycles. The van der Waals surface area contributed by atoms with Crippen molar-refractivity contribution in [2.24, 2.45) is 0 Å². The second-order valence-corrected chi connectivity index (χ2v) is 4.36. The number of rotatable bonds is 2. The maximum Gasteiger partial charge on any atom is 0.354 e. The van der Waals surface area contributed by atoms with Crippen LogP contribution in [-0.2, 0) is 0 Å². The van der Waals surface area contributed by atoms with Gasteiger partial charge in [-0.3, -0.25) is 0 Å². The highest BCUT2D eigenvalue weighted by Crippen LogP contribution is 2.33. The molecule has 0 bridgehead atoms. The summed E-state index contributed by atoms with van der Waals surface area (Å²) in [7, 11) is 0. The van der Waals surface area contributed by atoms with Crippen LogP contribution in [0.25, 0.3) is 5.65 Å². The van der Waals surface area contributed by atoms with Gasteiger partial charge in [-0.1, -0.05) is 18.1 Å². The predicted molar refractivity (Wildman–Crippen MR) is 59.0 cm³/mol. The van der Waals surface area contributed by atoms with Crippen molar-refractivity contribution in [3.63, 3.8) is 0 Å². The van der Waals surface area contributed by atoms with Crippen molar-refractivity contribution < 1.29 is 9.90 Å². The maximum absolute atomic E-state index is 11.2. The van der Waals surface area contributed by atoms with Gasteiger partial charge >= 0.3 is 5.97 Å². The molecule has 2 heterocycles. The third-order valence-electron chi connectivity index (χ3n) is 3.28. The quantitative estimate of drug-likeness (QED) is 0.848. The van der Waals surface area contributed by atoms with Crippen LogP contribution >= 0.6 is 0 Å². The third kappa shape index (κ3) is 1.65. The Bertz CT molecular complexity index is 572. The second-order valence-electron chi connectivity index (χ2n) is 4.36. The lowest BCUT2D eigenvalue weighted by Gasteiger charge is -2.09. The van der Waals surface area contributed by atoms with Crippen LogP contribution in [0.5, 0.6) is 0 Å². The molecule has 88 valence electrons. The Kier molecular flexibility index (Phi) is 2.28. The molecule has 6 nitrogen and oxygen atoms in total. The molecular formula is C11H12N4O2. The van der Waals surface area contributed by atoms with Gasteiger partial charge in [0.2, 0.25) is 0 Å². The van der Waals surface area contributed by atoms with Crippen LogP contribution in [0.3, 0.4) is 0 Å². The summed E-state index contributed by atoms with van der Waals surface area (Å²) < 4.78 is 1.26. The molecule has 1 fully saturated rings. The van der Waals surface area contributed by atoms with Crippen molar-refractivity contribution in [1.29, 1.82) is 0 Å². The summed E-state index contributed by atoms with van der Waals surface area (Å²) in [4.78, 5) is 15.6. The fraction of sp³-hybridized carbons (Fsp3) is 0.455. The fourth-order valence-electron chi connectivity index (χ4n) is 2.43. The molecule has 0 unspecified atom stereocenters. The Morgan fingerprint density at radius 1 is 1.41 bits per heavy atom. The first-order chi connectivity index (χ1) is 8.25. The lowest BCUT2D eigenvalue weighted by atomic mass is 10.0. The molecular weight excluding hydrogens is 220 g/mol. The minimum absolute atomic E-state index is 0.134. The first-order valence-electron chi connectivity index (χ1n) is 5.70. The number of nitrogens with zero attached hydrogens (tertiary/aromatic N) is 4. The summed E-state index contributed by atoms with van der Waals surface area (Å²) >= 11 is 0. The lowest BCUT2D eigenvalue weighted by Crippen LogP contribution is -2.10. The zero-order valence-electron chi connectivity index (χ0n) is 9.20. The van der Waals surface area contributed by atoms with Gasteiger partial charge in [-0.2, -0.15) is 4.52 Å². The Morgan fingerprint density at radius 2 is 2.18 bits per heavy atom. The van der Waals surface area contributed by atoms with Gasteiger partial charge in [0.15, 0.2) is 11.3 Å². The molecule has 3 rings (SSSR count). The molecule has 0 spiro atoms. The number of fused-ring (bicyclic) bond motifs is 1. The highest BCUT2D eigenvalue weighted by Gasteiger charge is 2.22. The van der Waals surface area contributed by atoms with Crippen LogP contribution in [0.1, 0.15) is 47.8 Å². The van der Waals surface area contributed by atoms with E-state index < -0.39 is 5.97 Å². The SMILES string of the molecule is O=C(O)c1cc(C2CCCC2)nc2cnnn12. The number of hydrogen-bond acceptors (Lipinski definition) is 4. The molecule has 1 aliphatic rings. The first-order valence-corrected chi connectivity index (χ1v) is 5.70. The van der Waals surface area contributed by atoms with Crippen molar-refractivity contribution in [1.82, 2.24) is 19.8 Å². The van der Waals surface area contributed by atoms with Crippen LogP contribution < -0.4 is 0 Å². The monoisotopic (exact) mass is 232 g/mol. The van der Waals surface area contributed by atoms with E-state index in [4.69, 9.17) is 5.11 Å². The van der Waals surface area contributed by atoms with Gasteiger partial charge in [0.25, 0.3) is 0 Å². The molecule has 2 aromatic rings. The van der Waals surface area contributed by atoms with E-state index in [1.165, 1.54) is 23.6 Å². The van der Waals surface area contributed by atoms with Gasteiger partial charge in [0.05, 0.1) is 6.20 Å². The molecule has 0 aliphatic heterocycles. The van der Waals surface area contributed by atoms with E-state index >= 15 is 0 Å². The molecule has 0 aromatic carbocycles. The number of carboxylic acid groups (broad SMARTS) is 1. The average Bonchev–Trinajstić information content (AvgIpc) is 2.98. The van der Waals surface area contributed by atoms with E-state index in [0.29, 0.717) is 11.6 Å². The predicted octanol–water partition coefficient (Wildman–Crippen LogP) is 1.48. The van der Waals surface area contributed by atoms with E-state index in [1.807, 2.05) is 0 Å². The van der Waals surface area contributed by atoms with Gasteiger partial charge in [0.1, 0.15) is 0 Å². The largest absolute Gasteiger partial charge is 0.477 e. The molecule has 0 atom stereocenters. The Balaban J connectivity index is 2.16. The smallest absolute Gasteiger partial charge is 0.354 e. The summed E-state index contributed by atoms with van der Waals surface area (Å²) in [5.74, 6) is -0.616. The van der Waals surface area contributed by atoms with Crippen molar-refractivity contribution in [3.8, 4) is 0 Å². The van der Waals surface area contributed by atoms with E-state index in [-0.39, 0.29) is 5.69 Å². The number of carbonyl (C=O) groups is 1. The van der Waals surface area contributed by atoms with Gasteiger partial charge in [0, 0.05) is 11.6 Å². The van der Waals surface area contributed by atoms with Crippen LogP contribution in [0.4, 0.5) is 0 Å². The summed E-state index contributed by atoms with van der Waals surface area (Å²) in [6, 6.07) is 1.62. The van der Waals surface area contributed by atoms with Gasteiger partial charge in [-0.25, -0.2) is 9.78 Å². The number of carboxylic acids is 1. The first kappa shape index (κ1) is 10.2. The van der Waals surface area contributed by atoms with Crippen LogP contribution in [0.2, 0.25) is 0 Å². The normalized spacial score (nSPS) is 16.7. The molecule has 2 aromatic heterocycles. The second kappa shape index (κ2) is 3.80. The molecule has 0 saturated heterocycles. The minimum atomic E-state index is -0.998. The molecule has 0 radical (unpaired) electrons. The highest BCUT2D eigenvalue weighted by atomic mass is 16.4. The van der Waals surface area contributed by atoms with Gasteiger partial charge < -0.3 is 5.11 Å². The molecule has 0 amide bonds. The summed E-state index contributed by atoms with van der Waals surface area (Å²) in [5, 5.41) is 16.6. The summed E-state index contributed by atoms with van der Waals surface area (Å²) in [6.07, 6.45) is 6.05. The number of aromatic nitrogens is 4. The Morgan fingerprint density at radius 3 is 2.88 bits per heavy atom. The molecule has 1 N–H and O–H groups in total. The fourth-order valence-corrected chi connectivity index (χ4v) is 2.43. The zero-order chi connectivity index (χ0) is 11.8. The van der Waals surface area contributed by atoms with Crippen LogP contribution in [-0.4, -0.2) is 30.9 Å².